The average Bonchev–Trinajstić information content (AvgIpc) is 2.64. The molecule has 0 fully saturated rings. The molecule has 2 rings (SSSR count). The number of hydrogen-bond acceptors (Lipinski definition) is 2. The maximum atomic E-state index is 13.2. The average molecular weight is 236 g/mol. The molecule has 0 radical (unpaired) electrons. The van der Waals surface area contributed by atoms with E-state index in [1.165, 1.54) is 12.3 Å². The van der Waals surface area contributed by atoms with Crippen LogP contribution in [0.4, 0.5) is 4.39 Å². The van der Waals surface area contributed by atoms with Gasteiger partial charge in [-0.25, -0.2) is 9.37 Å². The molecule has 0 spiro atoms. The summed E-state index contributed by atoms with van der Waals surface area (Å²) >= 11 is 0. The summed E-state index contributed by atoms with van der Waals surface area (Å²) in [6, 6.07) is 1.53. The molecule has 17 heavy (non-hydrogen) atoms. The van der Waals surface area contributed by atoms with Crippen LogP contribution < -0.4 is 0 Å². The standard InChI is InChI=1S/C13H17FN2O/c1-9(2)12-8-16(4-3-5-17)13-11(12)6-10(14)7-15-13/h6-9,17H,3-5H2,1-2H3. The van der Waals surface area contributed by atoms with Gasteiger partial charge in [0.15, 0.2) is 0 Å². The molecule has 0 saturated heterocycles. The molecule has 0 aliphatic heterocycles. The van der Waals surface area contributed by atoms with E-state index < -0.39 is 0 Å². The first kappa shape index (κ1) is 12.0. The van der Waals surface area contributed by atoms with E-state index in [2.05, 4.69) is 18.8 Å². The zero-order valence-electron chi connectivity index (χ0n) is 10.2. The molecule has 0 aromatic carbocycles. The largest absolute Gasteiger partial charge is 0.396 e. The second kappa shape index (κ2) is 4.84. The Morgan fingerprint density at radius 2 is 2.24 bits per heavy atom. The minimum absolute atomic E-state index is 0.151. The fourth-order valence-electron chi connectivity index (χ4n) is 2.04. The van der Waals surface area contributed by atoms with Crippen molar-refractivity contribution in [2.24, 2.45) is 0 Å². The molecular weight excluding hydrogens is 219 g/mol. The Bertz CT molecular complexity index is 519. The molecule has 0 aliphatic rings. The Hall–Kier alpha value is -1.42. The van der Waals surface area contributed by atoms with Gasteiger partial charge >= 0.3 is 0 Å². The Labute approximate surface area is 99.9 Å². The predicted molar refractivity (Wildman–Crippen MR) is 65.5 cm³/mol. The van der Waals surface area contributed by atoms with Crippen LogP contribution in [0.5, 0.6) is 0 Å². The van der Waals surface area contributed by atoms with Gasteiger partial charge in [0.25, 0.3) is 0 Å². The number of hydrogen-bond donors (Lipinski definition) is 1. The fourth-order valence-corrected chi connectivity index (χ4v) is 2.04. The summed E-state index contributed by atoms with van der Waals surface area (Å²) in [5.41, 5.74) is 1.90. The van der Waals surface area contributed by atoms with Crippen LogP contribution in [-0.4, -0.2) is 21.3 Å². The lowest BCUT2D eigenvalue weighted by atomic mass is 10.0. The van der Waals surface area contributed by atoms with E-state index in [9.17, 15) is 4.39 Å². The van der Waals surface area contributed by atoms with Gasteiger partial charge in [0.1, 0.15) is 11.5 Å². The van der Waals surface area contributed by atoms with E-state index >= 15 is 0 Å². The second-order valence-electron chi connectivity index (χ2n) is 4.53. The topological polar surface area (TPSA) is 38.0 Å². The first-order valence-electron chi connectivity index (χ1n) is 5.88. The van der Waals surface area contributed by atoms with Crippen molar-refractivity contribution in [1.29, 1.82) is 0 Å². The smallest absolute Gasteiger partial charge is 0.142 e. The van der Waals surface area contributed by atoms with Gasteiger partial charge in [-0.2, -0.15) is 0 Å². The molecule has 4 heteroatoms. The monoisotopic (exact) mass is 236 g/mol. The maximum Gasteiger partial charge on any atom is 0.142 e. The third-order valence-electron chi connectivity index (χ3n) is 2.89. The number of fused-ring (bicyclic) bond motifs is 1. The number of halogens is 1. The van der Waals surface area contributed by atoms with Crippen molar-refractivity contribution in [3.05, 3.63) is 29.8 Å². The van der Waals surface area contributed by atoms with Crippen LogP contribution in [0.25, 0.3) is 11.0 Å². The van der Waals surface area contributed by atoms with Crippen molar-refractivity contribution in [1.82, 2.24) is 9.55 Å². The van der Waals surface area contributed by atoms with E-state index in [0.717, 1.165) is 16.6 Å². The second-order valence-corrected chi connectivity index (χ2v) is 4.53. The third-order valence-corrected chi connectivity index (χ3v) is 2.89. The fraction of sp³-hybridized carbons (Fsp3) is 0.462. The molecule has 0 aliphatic carbocycles. The van der Waals surface area contributed by atoms with Crippen LogP contribution in [0.3, 0.4) is 0 Å². The lowest BCUT2D eigenvalue weighted by molar-refractivity contribution is 0.280. The molecule has 3 nitrogen and oxygen atoms in total. The summed E-state index contributed by atoms with van der Waals surface area (Å²) in [7, 11) is 0. The first-order valence-corrected chi connectivity index (χ1v) is 5.88. The van der Waals surface area contributed by atoms with Crippen molar-refractivity contribution in [3.8, 4) is 0 Å². The number of pyridine rings is 1. The Morgan fingerprint density at radius 3 is 2.88 bits per heavy atom. The molecule has 2 aromatic rings. The van der Waals surface area contributed by atoms with Crippen molar-refractivity contribution < 1.29 is 9.50 Å². The number of nitrogens with zero attached hydrogens (tertiary/aromatic N) is 2. The van der Waals surface area contributed by atoms with Gasteiger partial charge in [-0.3, -0.25) is 0 Å². The lowest BCUT2D eigenvalue weighted by Gasteiger charge is -2.01. The van der Waals surface area contributed by atoms with Crippen molar-refractivity contribution in [2.75, 3.05) is 6.61 Å². The Balaban J connectivity index is 2.54. The number of rotatable bonds is 4. The molecule has 1 N–H and O–H groups in total. The highest BCUT2D eigenvalue weighted by Gasteiger charge is 2.12. The summed E-state index contributed by atoms with van der Waals surface area (Å²) in [5.74, 6) is 0.0239. The SMILES string of the molecule is CC(C)c1cn(CCCO)c2ncc(F)cc12. The van der Waals surface area contributed by atoms with Gasteiger partial charge in [-0.05, 0) is 24.0 Å². The number of aromatic nitrogens is 2. The minimum atomic E-state index is -0.306. The van der Waals surface area contributed by atoms with Crippen LogP contribution in [-0.2, 0) is 6.54 Å². The summed E-state index contributed by atoms with van der Waals surface area (Å²) in [5, 5.41) is 9.74. The molecule has 92 valence electrons. The molecule has 2 aromatic heterocycles. The van der Waals surface area contributed by atoms with Gasteiger partial charge in [0, 0.05) is 24.7 Å². The molecule has 0 atom stereocenters. The highest BCUT2D eigenvalue weighted by molar-refractivity contribution is 5.81. The van der Waals surface area contributed by atoms with E-state index in [-0.39, 0.29) is 12.4 Å². The van der Waals surface area contributed by atoms with Gasteiger partial charge in [-0.15, -0.1) is 0 Å². The van der Waals surface area contributed by atoms with Crippen LogP contribution in [0, 0.1) is 5.82 Å². The summed E-state index contributed by atoms with van der Waals surface area (Å²) in [4.78, 5) is 4.14. The molecule has 0 saturated carbocycles. The quantitative estimate of drug-likeness (QED) is 0.886. The van der Waals surface area contributed by atoms with E-state index in [4.69, 9.17) is 5.11 Å². The van der Waals surface area contributed by atoms with E-state index in [1.807, 2.05) is 10.8 Å². The Kier molecular flexibility index (Phi) is 3.43. The number of aliphatic hydroxyl groups is 1. The van der Waals surface area contributed by atoms with Crippen LogP contribution in [0.15, 0.2) is 18.5 Å². The number of aliphatic hydroxyl groups excluding tert-OH is 1. The van der Waals surface area contributed by atoms with Crippen LogP contribution in [0.2, 0.25) is 0 Å². The summed E-state index contributed by atoms with van der Waals surface area (Å²) in [6.45, 7) is 5.02. The molecular formula is C13H17FN2O. The lowest BCUT2D eigenvalue weighted by Crippen LogP contribution is -1.99. The molecule has 2 heterocycles. The predicted octanol–water partition coefficient (Wildman–Crippen LogP) is 2.68. The van der Waals surface area contributed by atoms with Crippen molar-refractivity contribution >= 4 is 11.0 Å². The van der Waals surface area contributed by atoms with Crippen molar-refractivity contribution in [2.45, 2.75) is 32.7 Å². The van der Waals surface area contributed by atoms with Crippen LogP contribution >= 0.6 is 0 Å². The van der Waals surface area contributed by atoms with Gasteiger partial charge in [-0.1, -0.05) is 13.8 Å². The normalized spacial score (nSPS) is 11.6. The molecule has 0 unspecified atom stereocenters. The molecule has 0 bridgehead atoms. The highest BCUT2D eigenvalue weighted by atomic mass is 19.1. The first-order chi connectivity index (χ1) is 8.13. The zero-order chi connectivity index (χ0) is 12.4. The zero-order valence-corrected chi connectivity index (χ0v) is 10.2. The minimum Gasteiger partial charge on any atom is -0.396 e. The van der Waals surface area contributed by atoms with Gasteiger partial charge in [0.05, 0.1) is 6.20 Å². The van der Waals surface area contributed by atoms with Gasteiger partial charge < -0.3 is 9.67 Å². The van der Waals surface area contributed by atoms with Crippen molar-refractivity contribution in [3.63, 3.8) is 0 Å². The summed E-state index contributed by atoms with van der Waals surface area (Å²) < 4.78 is 15.2. The van der Waals surface area contributed by atoms with E-state index in [0.29, 0.717) is 18.9 Å². The van der Waals surface area contributed by atoms with Crippen LogP contribution in [0.1, 0.15) is 31.7 Å². The third kappa shape index (κ3) is 2.31. The van der Waals surface area contributed by atoms with E-state index in [1.54, 1.807) is 0 Å². The highest BCUT2D eigenvalue weighted by Crippen LogP contribution is 2.26. The summed E-state index contributed by atoms with van der Waals surface area (Å²) in [6.07, 6.45) is 3.93. The molecule has 0 amide bonds. The number of aryl methyl sites for hydroxylation is 1. The van der Waals surface area contributed by atoms with Gasteiger partial charge in [0.2, 0.25) is 0 Å². The maximum absolute atomic E-state index is 13.2. The Morgan fingerprint density at radius 1 is 1.47 bits per heavy atom.